The van der Waals surface area contributed by atoms with Crippen LogP contribution in [0.4, 0.5) is 0 Å². The summed E-state index contributed by atoms with van der Waals surface area (Å²) in [6, 6.07) is 8.79. The Balaban J connectivity index is 2.11. The summed E-state index contributed by atoms with van der Waals surface area (Å²) >= 11 is 1.91. The SMILES string of the molecule is C=C(C)NCc1ccc(C2=C(C)N(C)CS2)cc1. The third kappa shape index (κ3) is 2.91. The molecule has 1 aliphatic rings. The van der Waals surface area contributed by atoms with E-state index in [1.165, 1.54) is 21.7 Å². The first-order chi connectivity index (χ1) is 8.58. The van der Waals surface area contributed by atoms with Gasteiger partial charge in [-0.2, -0.15) is 0 Å². The molecule has 18 heavy (non-hydrogen) atoms. The molecule has 0 radical (unpaired) electrons. The maximum absolute atomic E-state index is 3.84. The van der Waals surface area contributed by atoms with E-state index in [4.69, 9.17) is 0 Å². The lowest BCUT2D eigenvalue weighted by atomic mass is 10.1. The van der Waals surface area contributed by atoms with Crippen LogP contribution in [-0.2, 0) is 6.54 Å². The standard InChI is InChI=1S/C15H20N2S/c1-11(2)16-9-13-5-7-14(8-6-13)15-12(3)17(4)10-18-15/h5-8,16H,1,9-10H2,2-4H3. The average molecular weight is 260 g/mol. The Kier molecular flexibility index (Phi) is 4.02. The second-order valence-electron chi connectivity index (χ2n) is 4.72. The summed E-state index contributed by atoms with van der Waals surface area (Å²) in [6.45, 7) is 8.86. The Hall–Kier alpha value is -1.35. The maximum atomic E-state index is 3.84. The summed E-state index contributed by atoms with van der Waals surface area (Å²) in [4.78, 5) is 3.69. The maximum Gasteiger partial charge on any atom is 0.0680 e. The van der Waals surface area contributed by atoms with Crippen molar-refractivity contribution in [2.24, 2.45) is 0 Å². The van der Waals surface area contributed by atoms with Gasteiger partial charge in [0.2, 0.25) is 0 Å². The fourth-order valence-electron chi connectivity index (χ4n) is 1.86. The fraction of sp³-hybridized carbons (Fsp3) is 0.333. The van der Waals surface area contributed by atoms with Gasteiger partial charge in [0.15, 0.2) is 0 Å². The zero-order valence-corrected chi connectivity index (χ0v) is 12.1. The van der Waals surface area contributed by atoms with Crippen molar-refractivity contribution in [3.05, 3.63) is 53.4 Å². The molecule has 2 rings (SSSR count). The molecule has 0 aliphatic carbocycles. The first-order valence-electron chi connectivity index (χ1n) is 6.11. The van der Waals surface area contributed by atoms with Crippen LogP contribution in [0.2, 0.25) is 0 Å². The van der Waals surface area contributed by atoms with Gasteiger partial charge in [0, 0.05) is 29.9 Å². The lowest BCUT2D eigenvalue weighted by Gasteiger charge is -2.10. The molecule has 0 atom stereocenters. The number of hydrogen-bond donors (Lipinski definition) is 1. The molecule has 0 saturated carbocycles. The predicted octanol–water partition coefficient (Wildman–Crippen LogP) is 3.63. The van der Waals surface area contributed by atoms with E-state index in [9.17, 15) is 0 Å². The molecule has 1 aliphatic heterocycles. The van der Waals surface area contributed by atoms with E-state index < -0.39 is 0 Å². The van der Waals surface area contributed by atoms with Crippen LogP contribution in [0.3, 0.4) is 0 Å². The Morgan fingerprint density at radius 2 is 2.06 bits per heavy atom. The summed E-state index contributed by atoms with van der Waals surface area (Å²) in [6.07, 6.45) is 0. The first kappa shape index (κ1) is 13.1. The number of rotatable bonds is 4. The number of nitrogens with zero attached hydrogens (tertiary/aromatic N) is 1. The van der Waals surface area contributed by atoms with Crippen molar-refractivity contribution in [3.8, 4) is 0 Å². The van der Waals surface area contributed by atoms with E-state index in [0.717, 1.165) is 18.1 Å². The second-order valence-corrected chi connectivity index (χ2v) is 5.67. The van der Waals surface area contributed by atoms with E-state index in [1.54, 1.807) is 0 Å². The van der Waals surface area contributed by atoms with Crippen LogP contribution in [-0.4, -0.2) is 17.8 Å². The third-order valence-corrected chi connectivity index (χ3v) is 4.45. The van der Waals surface area contributed by atoms with Gasteiger partial charge in [0.1, 0.15) is 0 Å². The molecule has 1 aromatic carbocycles. The number of thioether (sulfide) groups is 1. The zero-order valence-electron chi connectivity index (χ0n) is 11.3. The van der Waals surface area contributed by atoms with Crippen molar-refractivity contribution in [1.82, 2.24) is 10.2 Å². The Morgan fingerprint density at radius 3 is 2.56 bits per heavy atom. The summed E-state index contributed by atoms with van der Waals surface area (Å²) in [7, 11) is 2.14. The molecule has 96 valence electrons. The van der Waals surface area contributed by atoms with Crippen LogP contribution in [0.1, 0.15) is 25.0 Å². The zero-order chi connectivity index (χ0) is 13.1. The summed E-state index contributed by atoms with van der Waals surface area (Å²) < 4.78 is 0. The highest BCUT2D eigenvalue weighted by Crippen LogP contribution is 2.38. The Morgan fingerprint density at radius 1 is 1.39 bits per heavy atom. The predicted molar refractivity (Wildman–Crippen MR) is 80.9 cm³/mol. The molecule has 1 heterocycles. The van der Waals surface area contributed by atoms with Crippen LogP contribution in [0.25, 0.3) is 4.91 Å². The van der Waals surface area contributed by atoms with Gasteiger partial charge in [-0.3, -0.25) is 0 Å². The molecule has 0 aromatic heterocycles. The topological polar surface area (TPSA) is 15.3 Å². The summed E-state index contributed by atoms with van der Waals surface area (Å²) in [5.41, 5.74) is 4.98. The Bertz CT molecular complexity index is 474. The van der Waals surface area contributed by atoms with Crippen molar-refractivity contribution in [3.63, 3.8) is 0 Å². The molecule has 0 bridgehead atoms. The molecule has 1 aromatic rings. The van der Waals surface area contributed by atoms with Crippen LogP contribution >= 0.6 is 11.8 Å². The van der Waals surface area contributed by atoms with Gasteiger partial charge in [-0.15, -0.1) is 11.8 Å². The third-order valence-electron chi connectivity index (χ3n) is 3.11. The van der Waals surface area contributed by atoms with Crippen LogP contribution in [0.5, 0.6) is 0 Å². The van der Waals surface area contributed by atoms with Gasteiger partial charge in [-0.05, 0) is 25.0 Å². The molecule has 0 amide bonds. The average Bonchev–Trinajstić information content (AvgIpc) is 2.68. The molecule has 1 N–H and O–H groups in total. The van der Waals surface area contributed by atoms with Crippen LogP contribution < -0.4 is 5.32 Å². The largest absolute Gasteiger partial charge is 0.385 e. The van der Waals surface area contributed by atoms with Crippen LogP contribution in [0, 0.1) is 0 Å². The molecule has 3 heteroatoms. The van der Waals surface area contributed by atoms with Crippen molar-refractivity contribution in [2.75, 3.05) is 12.9 Å². The van der Waals surface area contributed by atoms with E-state index in [2.05, 4.69) is 55.0 Å². The van der Waals surface area contributed by atoms with Gasteiger partial charge in [-0.1, -0.05) is 30.8 Å². The summed E-state index contributed by atoms with van der Waals surface area (Å²) in [5, 5.41) is 3.25. The minimum Gasteiger partial charge on any atom is -0.385 e. The van der Waals surface area contributed by atoms with Gasteiger partial charge in [-0.25, -0.2) is 0 Å². The molecule has 0 fully saturated rings. The van der Waals surface area contributed by atoms with Gasteiger partial charge < -0.3 is 10.2 Å². The minimum atomic E-state index is 0.848. The van der Waals surface area contributed by atoms with E-state index in [0.29, 0.717) is 0 Å². The highest BCUT2D eigenvalue weighted by molar-refractivity contribution is 8.08. The molecular formula is C15H20N2S. The van der Waals surface area contributed by atoms with Crippen LogP contribution in [0.15, 0.2) is 42.2 Å². The minimum absolute atomic E-state index is 0.848. The molecule has 0 saturated heterocycles. The fourth-order valence-corrected chi connectivity index (χ4v) is 3.04. The lowest BCUT2D eigenvalue weighted by Crippen LogP contribution is -2.09. The first-order valence-corrected chi connectivity index (χ1v) is 7.10. The van der Waals surface area contributed by atoms with Gasteiger partial charge in [0.25, 0.3) is 0 Å². The second kappa shape index (κ2) is 5.53. The monoisotopic (exact) mass is 260 g/mol. The van der Waals surface area contributed by atoms with E-state index >= 15 is 0 Å². The highest BCUT2D eigenvalue weighted by atomic mass is 32.2. The van der Waals surface area contributed by atoms with E-state index in [-0.39, 0.29) is 0 Å². The van der Waals surface area contributed by atoms with Gasteiger partial charge >= 0.3 is 0 Å². The number of benzene rings is 1. The quantitative estimate of drug-likeness (QED) is 0.890. The normalized spacial score (nSPS) is 15.2. The van der Waals surface area contributed by atoms with Gasteiger partial charge in [0.05, 0.1) is 5.88 Å². The number of allylic oxidation sites excluding steroid dienone is 2. The molecule has 0 spiro atoms. The summed E-state index contributed by atoms with van der Waals surface area (Å²) in [5.74, 6) is 1.06. The highest BCUT2D eigenvalue weighted by Gasteiger charge is 2.17. The van der Waals surface area contributed by atoms with E-state index in [1.807, 2.05) is 18.7 Å². The lowest BCUT2D eigenvalue weighted by molar-refractivity contribution is 0.506. The van der Waals surface area contributed by atoms with Crippen molar-refractivity contribution in [1.29, 1.82) is 0 Å². The Labute approximate surface area is 114 Å². The van der Waals surface area contributed by atoms with Crippen molar-refractivity contribution >= 4 is 16.7 Å². The van der Waals surface area contributed by atoms with Crippen molar-refractivity contribution < 1.29 is 0 Å². The smallest absolute Gasteiger partial charge is 0.0680 e. The molecule has 0 unspecified atom stereocenters. The molecule has 2 nitrogen and oxygen atoms in total. The molecular weight excluding hydrogens is 240 g/mol. The number of nitrogens with one attached hydrogen (secondary N) is 1. The van der Waals surface area contributed by atoms with Crippen molar-refractivity contribution in [2.45, 2.75) is 20.4 Å². The number of hydrogen-bond acceptors (Lipinski definition) is 3.